The third kappa shape index (κ3) is 3.18. The Labute approximate surface area is 114 Å². The van der Waals surface area contributed by atoms with Gasteiger partial charge < -0.3 is 4.74 Å². The standard InChI is InChI=1S/C18H14O/c1-3-9-15-11-5-7-13-17(15)19-18-14-8-6-12-16(18)10-4-2/h1-2,5-8,11-14H,9-10H2. The van der Waals surface area contributed by atoms with Gasteiger partial charge in [-0.3, -0.25) is 0 Å². The van der Waals surface area contributed by atoms with Gasteiger partial charge >= 0.3 is 0 Å². The molecule has 0 saturated heterocycles. The van der Waals surface area contributed by atoms with Crippen LogP contribution in [-0.4, -0.2) is 0 Å². The average molecular weight is 246 g/mol. The minimum absolute atomic E-state index is 0.549. The molecule has 0 N–H and O–H groups in total. The molecule has 0 aliphatic rings. The maximum absolute atomic E-state index is 5.95. The molecule has 1 heteroatoms. The van der Waals surface area contributed by atoms with Crippen LogP contribution in [0.4, 0.5) is 0 Å². The number of para-hydroxylation sites is 2. The molecule has 2 rings (SSSR count). The smallest absolute Gasteiger partial charge is 0.131 e. The number of rotatable bonds is 4. The Morgan fingerprint density at radius 3 is 1.58 bits per heavy atom. The van der Waals surface area contributed by atoms with Crippen LogP contribution in [0.3, 0.4) is 0 Å². The van der Waals surface area contributed by atoms with Crippen molar-refractivity contribution in [2.45, 2.75) is 12.8 Å². The second-order valence-corrected chi connectivity index (χ2v) is 4.08. The van der Waals surface area contributed by atoms with E-state index in [0.29, 0.717) is 12.8 Å². The molecule has 1 nitrogen and oxygen atoms in total. The third-order valence-electron chi connectivity index (χ3n) is 2.75. The lowest BCUT2D eigenvalue weighted by molar-refractivity contribution is 0.473. The molecule has 0 heterocycles. The van der Waals surface area contributed by atoms with Crippen LogP contribution in [0.2, 0.25) is 0 Å². The highest BCUT2D eigenvalue weighted by Gasteiger charge is 2.06. The fourth-order valence-corrected chi connectivity index (χ4v) is 1.84. The highest BCUT2D eigenvalue weighted by Crippen LogP contribution is 2.28. The molecular formula is C18H14O. The Balaban J connectivity index is 2.32. The largest absolute Gasteiger partial charge is 0.457 e. The summed E-state index contributed by atoms with van der Waals surface area (Å²) in [6.45, 7) is 0. The summed E-state index contributed by atoms with van der Waals surface area (Å²) >= 11 is 0. The molecule has 0 spiro atoms. The molecule has 2 aromatic carbocycles. The molecule has 19 heavy (non-hydrogen) atoms. The first-order valence-electron chi connectivity index (χ1n) is 6.05. The summed E-state index contributed by atoms with van der Waals surface area (Å²) in [6, 6.07) is 15.5. The van der Waals surface area contributed by atoms with Crippen molar-refractivity contribution >= 4 is 0 Å². The Morgan fingerprint density at radius 2 is 1.16 bits per heavy atom. The van der Waals surface area contributed by atoms with Gasteiger partial charge in [-0.15, -0.1) is 24.7 Å². The van der Waals surface area contributed by atoms with Crippen molar-refractivity contribution in [3.05, 3.63) is 59.7 Å². The molecule has 0 radical (unpaired) electrons. The Kier molecular flexibility index (Phi) is 4.27. The second kappa shape index (κ2) is 6.34. The van der Waals surface area contributed by atoms with Gasteiger partial charge in [0, 0.05) is 24.0 Å². The molecule has 0 unspecified atom stereocenters. The molecule has 0 aliphatic carbocycles. The van der Waals surface area contributed by atoms with Gasteiger partial charge in [0.15, 0.2) is 0 Å². The van der Waals surface area contributed by atoms with E-state index in [0.717, 1.165) is 22.6 Å². The Hall–Kier alpha value is -2.64. The maximum atomic E-state index is 5.95. The van der Waals surface area contributed by atoms with Gasteiger partial charge in [-0.1, -0.05) is 36.4 Å². The summed E-state index contributed by atoms with van der Waals surface area (Å²) in [6.07, 6.45) is 11.8. The summed E-state index contributed by atoms with van der Waals surface area (Å²) < 4.78 is 5.95. The van der Waals surface area contributed by atoms with Gasteiger partial charge in [-0.2, -0.15) is 0 Å². The predicted molar refractivity (Wildman–Crippen MR) is 78.0 cm³/mol. The maximum Gasteiger partial charge on any atom is 0.131 e. The highest BCUT2D eigenvalue weighted by molar-refractivity contribution is 5.43. The van der Waals surface area contributed by atoms with Gasteiger partial charge in [-0.25, -0.2) is 0 Å². The number of benzene rings is 2. The SMILES string of the molecule is C#CCc1ccccc1Oc1ccccc1CC#C. The van der Waals surface area contributed by atoms with Gasteiger partial charge in [0.1, 0.15) is 11.5 Å². The lowest BCUT2D eigenvalue weighted by atomic mass is 10.1. The molecule has 0 amide bonds. The summed E-state index contributed by atoms with van der Waals surface area (Å²) in [5.74, 6) is 6.84. The number of terminal acetylenes is 2. The molecule has 0 aromatic heterocycles. The van der Waals surface area contributed by atoms with E-state index in [1.54, 1.807) is 0 Å². The first kappa shape index (κ1) is 12.8. The molecule has 0 saturated carbocycles. The van der Waals surface area contributed by atoms with E-state index in [-0.39, 0.29) is 0 Å². The third-order valence-corrected chi connectivity index (χ3v) is 2.75. The number of hydrogen-bond donors (Lipinski definition) is 0. The predicted octanol–water partition coefficient (Wildman–Crippen LogP) is 3.83. The van der Waals surface area contributed by atoms with Crippen LogP contribution < -0.4 is 4.74 Å². The number of hydrogen-bond acceptors (Lipinski definition) is 1. The van der Waals surface area contributed by atoms with Crippen LogP contribution in [0.5, 0.6) is 11.5 Å². The minimum atomic E-state index is 0.549. The first-order valence-corrected chi connectivity index (χ1v) is 6.05. The van der Waals surface area contributed by atoms with E-state index in [1.165, 1.54) is 0 Å². The Morgan fingerprint density at radius 1 is 0.737 bits per heavy atom. The normalized spacial score (nSPS) is 9.37. The van der Waals surface area contributed by atoms with E-state index in [4.69, 9.17) is 17.6 Å². The quantitative estimate of drug-likeness (QED) is 0.745. The fraction of sp³-hybridized carbons (Fsp3) is 0.111. The zero-order valence-corrected chi connectivity index (χ0v) is 10.6. The Bertz CT molecular complexity index is 584. The van der Waals surface area contributed by atoms with Gasteiger partial charge in [0.25, 0.3) is 0 Å². The molecule has 92 valence electrons. The lowest BCUT2D eigenvalue weighted by Crippen LogP contribution is -1.94. The molecule has 0 fully saturated rings. The van der Waals surface area contributed by atoms with Crippen LogP contribution in [0.25, 0.3) is 0 Å². The summed E-state index contributed by atoms with van der Waals surface area (Å²) in [4.78, 5) is 0. The summed E-state index contributed by atoms with van der Waals surface area (Å²) in [5.41, 5.74) is 2.00. The van der Waals surface area contributed by atoms with Crippen molar-refractivity contribution in [1.82, 2.24) is 0 Å². The van der Waals surface area contributed by atoms with E-state index < -0.39 is 0 Å². The summed E-state index contributed by atoms with van der Waals surface area (Å²) in [5, 5.41) is 0. The summed E-state index contributed by atoms with van der Waals surface area (Å²) in [7, 11) is 0. The molecular weight excluding hydrogens is 232 g/mol. The van der Waals surface area contributed by atoms with Crippen LogP contribution in [-0.2, 0) is 12.8 Å². The highest BCUT2D eigenvalue weighted by atomic mass is 16.5. The zero-order chi connectivity index (χ0) is 13.5. The average Bonchev–Trinajstić information content (AvgIpc) is 2.44. The topological polar surface area (TPSA) is 9.23 Å². The molecule has 0 atom stereocenters. The van der Waals surface area contributed by atoms with Crippen molar-refractivity contribution in [2.75, 3.05) is 0 Å². The van der Waals surface area contributed by atoms with Crippen LogP contribution >= 0.6 is 0 Å². The van der Waals surface area contributed by atoms with Gasteiger partial charge in [0.2, 0.25) is 0 Å². The van der Waals surface area contributed by atoms with Crippen molar-refractivity contribution in [1.29, 1.82) is 0 Å². The lowest BCUT2D eigenvalue weighted by Gasteiger charge is -2.12. The van der Waals surface area contributed by atoms with Crippen LogP contribution in [0, 0.1) is 24.7 Å². The van der Waals surface area contributed by atoms with Crippen molar-refractivity contribution in [3.8, 4) is 36.2 Å². The zero-order valence-electron chi connectivity index (χ0n) is 10.6. The van der Waals surface area contributed by atoms with E-state index in [1.807, 2.05) is 48.5 Å². The van der Waals surface area contributed by atoms with E-state index in [9.17, 15) is 0 Å². The van der Waals surface area contributed by atoms with Gasteiger partial charge in [-0.05, 0) is 12.1 Å². The van der Waals surface area contributed by atoms with Crippen LogP contribution in [0.1, 0.15) is 11.1 Å². The fourth-order valence-electron chi connectivity index (χ4n) is 1.84. The monoisotopic (exact) mass is 246 g/mol. The van der Waals surface area contributed by atoms with Crippen molar-refractivity contribution in [3.63, 3.8) is 0 Å². The molecule has 2 aromatic rings. The van der Waals surface area contributed by atoms with Gasteiger partial charge in [0.05, 0.1) is 0 Å². The minimum Gasteiger partial charge on any atom is -0.457 e. The number of ether oxygens (including phenoxy) is 1. The van der Waals surface area contributed by atoms with Crippen molar-refractivity contribution in [2.24, 2.45) is 0 Å². The van der Waals surface area contributed by atoms with Crippen LogP contribution in [0.15, 0.2) is 48.5 Å². The van der Waals surface area contributed by atoms with Crippen molar-refractivity contribution < 1.29 is 4.74 Å². The second-order valence-electron chi connectivity index (χ2n) is 4.08. The van der Waals surface area contributed by atoms with E-state index >= 15 is 0 Å². The molecule has 0 bridgehead atoms. The first-order chi connectivity index (χ1) is 9.35. The van der Waals surface area contributed by atoms with E-state index in [2.05, 4.69) is 11.8 Å². The molecule has 0 aliphatic heterocycles.